The van der Waals surface area contributed by atoms with Crippen LogP contribution >= 0.6 is 0 Å². The van der Waals surface area contributed by atoms with Crippen molar-refractivity contribution in [2.45, 2.75) is 18.6 Å². The summed E-state index contributed by atoms with van der Waals surface area (Å²) >= 11 is 0. The SMILES string of the molecule is O=C1COc2cc(NC(=O)N3CCCN([C@H]4COC[C@@H]4O)CC3)ccc2N1. The monoisotopic (exact) mass is 376 g/mol. The number of aliphatic hydroxyl groups is 1. The van der Waals surface area contributed by atoms with E-state index in [1.54, 1.807) is 23.1 Å². The molecule has 3 heterocycles. The molecular weight excluding hydrogens is 352 g/mol. The molecule has 0 bridgehead atoms. The van der Waals surface area contributed by atoms with E-state index in [0.29, 0.717) is 50.0 Å². The first kappa shape index (κ1) is 18.0. The number of hydrogen-bond acceptors (Lipinski definition) is 6. The Balaban J connectivity index is 1.35. The van der Waals surface area contributed by atoms with Crippen LogP contribution in [0.2, 0.25) is 0 Å². The van der Waals surface area contributed by atoms with Crippen molar-refractivity contribution in [3.05, 3.63) is 18.2 Å². The molecule has 0 aromatic heterocycles. The number of amides is 3. The van der Waals surface area contributed by atoms with Crippen molar-refractivity contribution in [3.8, 4) is 5.75 Å². The Morgan fingerprint density at radius 3 is 2.93 bits per heavy atom. The summed E-state index contributed by atoms with van der Waals surface area (Å²) in [7, 11) is 0. The topological polar surface area (TPSA) is 103 Å². The van der Waals surface area contributed by atoms with Crippen LogP contribution in [0, 0.1) is 0 Å². The predicted octanol–water partition coefficient (Wildman–Crippen LogP) is 0.317. The van der Waals surface area contributed by atoms with Gasteiger partial charge < -0.3 is 30.1 Å². The number of nitrogens with zero attached hydrogens (tertiary/aromatic N) is 2. The van der Waals surface area contributed by atoms with Crippen LogP contribution in [0.15, 0.2) is 18.2 Å². The van der Waals surface area contributed by atoms with Gasteiger partial charge in [0.05, 0.1) is 31.0 Å². The third kappa shape index (κ3) is 4.00. The summed E-state index contributed by atoms with van der Waals surface area (Å²) in [6, 6.07) is 5.01. The molecule has 146 valence electrons. The molecule has 27 heavy (non-hydrogen) atoms. The zero-order valence-electron chi connectivity index (χ0n) is 15.0. The van der Waals surface area contributed by atoms with Crippen LogP contribution in [0.3, 0.4) is 0 Å². The largest absolute Gasteiger partial charge is 0.482 e. The van der Waals surface area contributed by atoms with E-state index in [2.05, 4.69) is 15.5 Å². The lowest BCUT2D eigenvalue weighted by molar-refractivity contribution is -0.118. The number of aliphatic hydroxyl groups excluding tert-OH is 1. The fourth-order valence-electron chi connectivity index (χ4n) is 3.71. The third-order valence-corrected chi connectivity index (χ3v) is 5.17. The Hall–Kier alpha value is -2.36. The number of urea groups is 1. The summed E-state index contributed by atoms with van der Waals surface area (Å²) in [5.74, 6) is 0.357. The van der Waals surface area contributed by atoms with Gasteiger partial charge in [0.2, 0.25) is 0 Å². The minimum absolute atomic E-state index is 0.0148. The van der Waals surface area contributed by atoms with Crippen LogP contribution < -0.4 is 15.4 Å². The number of anilines is 2. The van der Waals surface area contributed by atoms with Crippen LogP contribution in [0.25, 0.3) is 0 Å². The van der Waals surface area contributed by atoms with Gasteiger partial charge in [-0.25, -0.2) is 4.79 Å². The lowest BCUT2D eigenvalue weighted by atomic mass is 10.2. The van der Waals surface area contributed by atoms with E-state index in [1.165, 1.54) is 0 Å². The molecule has 0 radical (unpaired) electrons. The summed E-state index contributed by atoms with van der Waals surface area (Å²) in [6.45, 7) is 3.68. The number of fused-ring (bicyclic) bond motifs is 1. The highest BCUT2D eigenvalue weighted by Crippen LogP contribution is 2.30. The van der Waals surface area contributed by atoms with Gasteiger partial charge in [0.1, 0.15) is 5.75 Å². The number of carbonyl (C=O) groups is 2. The minimum Gasteiger partial charge on any atom is -0.482 e. The van der Waals surface area contributed by atoms with Gasteiger partial charge in [-0.15, -0.1) is 0 Å². The molecule has 3 aliphatic heterocycles. The van der Waals surface area contributed by atoms with Gasteiger partial charge >= 0.3 is 6.03 Å². The van der Waals surface area contributed by atoms with E-state index >= 15 is 0 Å². The Kier molecular flexibility index (Phi) is 5.15. The molecular formula is C18H24N4O5. The number of nitrogens with one attached hydrogen (secondary N) is 2. The Labute approximate surface area is 157 Å². The summed E-state index contributed by atoms with van der Waals surface area (Å²) in [5, 5.41) is 15.6. The standard InChI is InChI=1S/C18H24N4O5/c23-15-10-26-9-14(15)21-4-1-5-22(7-6-21)18(25)19-12-2-3-13-16(8-12)27-11-17(24)20-13/h2-3,8,14-15,23H,1,4-7,9-11H2,(H,19,25)(H,20,24)/t14-,15-/m0/s1. The summed E-state index contributed by atoms with van der Waals surface area (Å²) < 4.78 is 10.7. The van der Waals surface area contributed by atoms with Crippen LogP contribution in [0.4, 0.5) is 16.2 Å². The lowest BCUT2D eigenvalue weighted by Gasteiger charge is -2.28. The zero-order valence-corrected chi connectivity index (χ0v) is 15.0. The van der Waals surface area contributed by atoms with E-state index in [4.69, 9.17) is 9.47 Å². The van der Waals surface area contributed by atoms with Crippen molar-refractivity contribution in [2.24, 2.45) is 0 Å². The summed E-state index contributed by atoms with van der Waals surface area (Å²) in [6.07, 6.45) is 0.386. The number of rotatable bonds is 2. The van der Waals surface area contributed by atoms with Crippen molar-refractivity contribution < 1.29 is 24.2 Å². The van der Waals surface area contributed by atoms with E-state index in [1.807, 2.05) is 0 Å². The molecule has 9 nitrogen and oxygen atoms in total. The van der Waals surface area contributed by atoms with Gasteiger partial charge in [-0.05, 0) is 18.6 Å². The van der Waals surface area contributed by atoms with Gasteiger partial charge in [-0.2, -0.15) is 0 Å². The molecule has 1 aromatic rings. The summed E-state index contributed by atoms with van der Waals surface area (Å²) in [5.41, 5.74) is 1.22. The average Bonchev–Trinajstić information content (AvgIpc) is 2.93. The molecule has 0 unspecified atom stereocenters. The van der Waals surface area contributed by atoms with Gasteiger partial charge in [-0.1, -0.05) is 0 Å². The zero-order chi connectivity index (χ0) is 18.8. The van der Waals surface area contributed by atoms with Gasteiger partial charge in [0.15, 0.2) is 6.61 Å². The second-order valence-electron chi connectivity index (χ2n) is 7.03. The van der Waals surface area contributed by atoms with Crippen molar-refractivity contribution in [1.82, 2.24) is 9.80 Å². The third-order valence-electron chi connectivity index (χ3n) is 5.17. The fourth-order valence-corrected chi connectivity index (χ4v) is 3.71. The number of hydrogen-bond donors (Lipinski definition) is 3. The molecule has 3 aliphatic rings. The fraction of sp³-hybridized carbons (Fsp3) is 0.556. The van der Waals surface area contributed by atoms with Gasteiger partial charge in [0.25, 0.3) is 5.91 Å². The number of ether oxygens (including phenoxy) is 2. The summed E-state index contributed by atoms with van der Waals surface area (Å²) in [4.78, 5) is 28.0. The maximum absolute atomic E-state index is 12.6. The van der Waals surface area contributed by atoms with Crippen LogP contribution in [-0.4, -0.2) is 85.0 Å². The molecule has 2 fully saturated rings. The molecule has 2 saturated heterocycles. The second kappa shape index (κ2) is 7.71. The van der Waals surface area contributed by atoms with E-state index in [9.17, 15) is 14.7 Å². The predicted molar refractivity (Wildman–Crippen MR) is 98.0 cm³/mol. The Bertz CT molecular complexity index is 728. The first-order chi connectivity index (χ1) is 13.1. The van der Waals surface area contributed by atoms with E-state index in [0.717, 1.165) is 13.0 Å². The van der Waals surface area contributed by atoms with Gasteiger partial charge in [0, 0.05) is 37.9 Å². The lowest BCUT2D eigenvalue weighted by Crippen LogP contribution is -2.45. The number of benzene rings is 1. The van der Waals surface area contributed by atoms with E-state index < -0.39 is 6.10 Å². The smallest absolute Gasteiger partial charge is 0.321 e. The molecule has 0 saturated carbocycles. The quantitative estimate of drug-likeness (QED) is 0.687. The van der Waals surface area contributed by atoms with Crippen molar-refractivity contribution in [3.63, 3.8) is 0 Å². The number of carbonyl (C=O) groups excluding carboxylic acids is 2. The highest BCUT2D eigenvalue weighted by Gasteiger charge is 2.33. The molecule has 1 aromatic carbocycles. The molecule has 2 atom stereocenters. The maximum Gasteiger partial charge on any atom is 0.321 e. The molecule has 4 rings (SSSR count). The van der Waals surface area contributed by atoms with Crippen LogP contribution in [0.1, 0.15) is 6.42 Å². The molecule has 3 N–H and O–H groups in total. The normalized spacial score (nSPS) is 26.0. The van der Waals surface area contributed by atoms with Crippen molar-refractivity contribution in [1.29, 1.82) is 0 Å². The first-order valence-corrected chi connectivity index (χ1v) is 9.22. The Morgan fingerprint density at radius 1 is 1.22 bits per heavy atom. The second-order valence-corrected chi connectivity index (χ2v) is 7.03. The van der Waals surface area contributed by atoms with Crippen LogP contribution in [0.5, 0.6) is 5.75 Å². The van der Waals surface area contributed by atoms with Gasteiger partial charge in [-0.3, -0.25) is 9.69 Å². The van der Waals surface area contributed by atoms with Crippen molar-refractivity contribution in [2.75, 3.05) is 56.6 Å². The molecule has 9 heteroatoms. The highest BCUT2D eigenvalue weighted by molar-refractivity contribution is 5.96. The van der Waals surface area contributed by atoms with E-state index in [-0.39, 0.29) is 24.6 Å². The molecule has 3 amide bonds. The minimum atomic E-state index is -0.457. The highest BCUT2D eigenvalue weighted by atomic mass is 16.5. The van der Waals surface area contributed by atoms with Crippen LogP contribution in [-0.2, 0) is 9.53 Å². The Morgan fingerprint density at radius 2 is 2.11 bits per heavy atom. The molecule has 0 spiro atoms. The first-order valence-electron chi connectivity index (χ1n) is 9.22. The van der Waals surface area contributed by atoms with Crippen molar-refractivity contribution >= 4 is 23.3 Å². The maximum atomic E-state index is 12.6. The molecule has 0 aliphatic carbocycles. The average molecular weight is 376 g/mol.